The Morgan fingerprint density at radius 3 is 1.83 bits per heavy atom. The number of alkyl carbamates (subject to hydrolysis) is 1. The monoisotopic (exact) mass is 687 g/mol. The van der Waals surface area contributed by atoms with Gasteiger partial charge in [-0.2, -0.15) is 0 Å². The van der Waals surface area contributed by atoms with E-state index in [1.807, 2.05) is 18.2 Å². The van der Waals surface area contributed by atoms with Gasteiger partial charge in [0.15, 0.2) is 5.78 Å². The number of carbonyl (C=O) groups excluding carboxylic acids is 5. The van der Waals surface area contributed by atoms with E-state index in [-0.39, 0.29) is 31.3 Å². The van der Waals surface area contributed by atoms with E-state index in [4.69, 9.17) is 14.0 Å². The second-order valence-corrected chi connectivity index (χ2v) is 15.9. The van der Waals surface area contributed by atoms with Crippen molar-refractivity contribution >= 4 is 37.0 Å². The number of amides is 3. The van der Waals surface area contributed by atoms with Crippen LogP contribution in [0.1, 0.15) is 66.0 Å². The molecule has 0 radical (unpaired) electrons. The highest BCUT2D eigenvalue weighted by molar-refractivity contribution is 7.58. The highest BCUT2D eigenvalue weighted by atomic mass is 31.2. The fourth-order valence-electron chi connectivity index (χ4n) is 4.50. The molecular formula is C35H50N3O9P. The highest BCUT2D eigenvalue weighted by Crippen LogP contribution is 2.45. The van der Waals surface area contributed by atoms with Gasteiger partial charge in [0.25, 0.3) is 0 Å². The Hall–Kier alpha value is -4.02. The van der Waals surface area contributed by atoms with Gasteiger partial charge in [-0.1, -0.05) is 88.4 Å². The predicted octanol–water partition coefficient (Wildman–Crippen LogP) is 4.79. The molecule has 1 unspecified atom stereocenters. The zero-order valence-electron chi connectivity index (χ0n) is 28.9. The van der Waals surface area contributed by atoms with Crippen molar-refractivity contribution in [2.75, 3.05) is 18.9 Å². The van der Waals surface area contributed by atoms with E-state index < -0.39 is 73.8 Å². The number of carbonyl (C=O) groups is 5. The largest absolute Gasteiger partial charge is 0.460 e. The summed E-state index contributed by atoms with van der Waals surface area (Å²) in [5.41, 5.74) is 0.626. The number of hydrogen-bond acceptors (Lipinski definition) is 9. The van der Waals surface area contributed by atoms with Gasteiger partial charge in [0.1, 0.15) is 36.9 Å². The van der Waals surface area contributed by atoms with Crippen LogP contribution in [-0.2, 0) is 50.8 Å². The highest BCUT2D eigenvalue weighted by Gasteiger charge is 2.33. The molecule has 2 aromatic carbocycles. The lowest BCUT2D eigenvalue weighted by Gasteiger charge is -2.27. The van der Waals surface area contributed by atoms with Crippen LogP contribution in [0, 0.1) is 5.92 Å². The number of nitrogens with one attached hydrogen (secondary N) is 3. The summed E-state index contributed by atoms with van der Waals surface area (Å²) in [4.78, 5) is 66.1. The third kappa shape index (κ3) is 14.4. The Labute approximate surface area is 283 Å². The number of ketones is 1. The first-order valence-corrected chi connectivity index (χ1v) is 18.1. The molecule has 3 amide bonds. The van der Waals surface area contributed by atoms with Crippen LogP contribution in [-0.4, -0.2) is 72.3 Å². The topological polar surface area (TPSA) is 166 Å². The number of benzene rings is 2. The maximum absolute atomic E-state index is 13.8. The van der Waals surface area contributed by atoms with Gasteiger partial charge < -0.3 is 29.9 Å². The molecule has 0 bridgehead atoms. The summed E-state index contributed by atoms with van der Waals surface area (Å²) in [6.07, 6.45) is -0.849. The third-order valence-corrected chi connectivity index (χ3v) is 9.78. The van der Waals surface area contributed by atoms with Gasteiger partial charge in [0, 0.05) is 18.7 Å². The van der Waals surface area contributed by atoms with Crippen LogP contribution in [0.25, 0.3) is 0 Å². The molecule has 0 aliphatic rings. The lowest BCUT2D eigenvalue weighted by molar-refractivity contribution is -0.156. The Bertz CT molecular complexity index is 1400. The van der Waals surface area contributed by atoms with Crippen molar-refractivity contribution in [1.29, 1.82) is 0 Å². The molecular weight excluding hydrogens is 637 g/mol. The van der Waals surface area contributed by atoms with Crippen molar-refractivity contribution in [3.63, 3.8) is 0 Å². The Morgan fingerprint density at radius 2 is 1.31 bits per heavy atom. The minimum absolute atomic E-state index is 0.000885. The van der Waals surface area contributed by atoms with Crippen LogP contribution in [0.3, 0.4) is 0 Å². The fourth-order valence-corrected chi connectivity index (χ4v) is 5.68. The van der Waals surface area contributed by atoms with Gasteiger partial charge in [0.2, 0.25) is 19.2 Å². The summed E-state index contributed by atoms with van der Waals surface area (Å²) in [6.45, 7) is 11.3. The number of ether oxygens (including phenoxy) is 2. The lowest BCUT2D eigenvalue weighted by atomic mass is 10.0. The Balaban J connectivity index is 2.28. The second kappa shape index (κ2) is 19.1. The quantitative estimate of drug-likeness (QED) is 0.148. The van der Waals surface area contributed by atoms with Crippen molar-refractivity contribution < 1.29 is 42.5 Å². The summed E-state index contributed by atoms with van der Waals surface area (Å²) < 4.78 is 29.0. The molecule has 12 nitrogen and oxygen atoms in total. The maximum Gasteiger partial charge on any atom is 0.408 e. The number of Topliss-reactive ketones (excluding diaryl/α,β-unsaturated/α-hetero) is 1. The third-order valence-electron chi connectivity index (χ3n) is 7.25. The molecule has 13 heteroatoms. The molecule has 3 N–H and O–H groups in total. The first kappa shape index (κ1) is 40.2. The van der Waals surface area contributed by atoms with Crippen LogP contribution >= 0.6 is 7.37 Å². The summed E-state index contributed by atoms with van der Waals surface area (Å²) >= 11 is 0. The molecule has 0 saturated carbocycles. The lowest BCUT2D eigenvalue weighted by Crippen LogP contribution is -2.58. The summed E-state index contributed by atoms with van der Waals surface area (Å²) in [6, 6.07) is 14.3. The number of hydrogen-bond donors (Lipinski definition) is 3. The van der Waals surface area contributed by atoms with E-state index in [2.05, 4.69) is 16.0 Å². The van der Waals surface area contributed by atoms with E-state index >= 15 is 0 Å². The van der Waals surface area contributed by atoms with Crippen molar-refractivity contribution in [1.82, 2.24) is 16.0 Å². The number of rotatable bonds is 18. The number of esters is 1. The summed E-state index contributed by atoms with van der Waals surface area (Å²) in [7, 11) is -3.07. The van der Waals surface area contributed by atoms with Crippen LogP contribution in [0.4, 0.5) is 4.79 Å². The predicted molar refractivity (Wildman–Crippen MR) is 183 cm³/mol. The average molecular weight is 688 g/mol. The van der Waals surface area contributed by atoms with Crippen molar-refractivity contribution in [3.8, 4) is 0 Å². The standard InChI is InChI=1S/C35H50N3O9P/c1-8-48(44,9-2)46-23-29(39)27(21-30(40)47-35(5,6)7)36-32(41)28(20-25-16-12-10-13-17-25)37-33(42)31(24(3)4)38-34(43)45-22-26-18-14-11-15-19-26/h10-19,24,27-28,31H,8-9,20-23H2,1-7H3,(H,36,41)(H,37,42)(H,38,43)/t27?,28-,31-/m0/s1. The molecule has 0 heterocycles. The molecule has 48 heavy (non-hydrogen) atoms. The van der Waals surface area contributed by atoms with E-state index in [1.54, 1.807) is 90.9 Å². The molecule has 3 atom stereocenters. The van der Waals surface area contributed by atoms with E-state index in [1.165, 1.54) is 0 Å². The zero-order valence-corrected chi connectivity index (χ0v) is 29.8. The SMILES string of the molecule is CCP(=O)(CC)OCC(=O)C(CC(=O)OC(C)(C)C)NC(=O)[C@H](Cc1ccccc1)NC(=O)[C@@H](NC(=O)OCc1ccccc1)C(C)C. The van der Waals surface area contributed by atoms with Gasteiger partial charge in [-0.3, -0.25) is 23.7 Å². The molecule has 0 aliphatic heterocycles. The minimum Gasteiger partial charge on any atom is -0.460 e. The van der Waals surface area contributed by atoms with Gasteiger partial charge >= 0.3 is 12.1 Å². The van der Waals surface area contributed by atoms with Gasteiger partial charge in [-0.15, -0.1) is 0 Å². The first-order chi connectivity index (χ1) is 22.6. The average Bonchev–Trinajstić information content (AvgIpc) is 3.04. The fraction of sp³-hybridized carbons (Fsp3) is 0.514. The van der Waals surface area contributed by atoms with Crippen molar-refractivity contribution in [3.05, 3.63) is 71.8 Å². The molecule has 0 spiro atoms. The molecule has 264 valence electrons. The summed E-state index contributed by atoms with van der Waals surface area (Å²) in [5, 5.41) is 7.88. The van der Waals surface area contributed by atoms with Crippen LogP contribution in [0.2, 0.25) is 0 Å². The molecule has 0 fully saturated rings. The summed E-state index contributed by atoms with van der Waals surface area (Å²) in [5.74, 6) is -3.21. The molecule has 0 saturated heterocycles. The first-order valence-electron chi connectivity index (χ1n) is 16.1. The van der Waals surface area contributed by atoms with E-state index in [0.29, 0.717) is 5.56 Å². The Morgan fingerprint density at radius 1 is 0.771 bits per heavy atom. The van der Waals surface area contributed by atoms with Crippen molar-refractivity contribution in [2.45, 2.75) is 91.6 Å². The second-order valence-electron chi connectivity index (χ2n) is 12.7. The molecule has 0 aliphatic carbocycles. The van der Waals surface area contributed by atoms with E-state index in [0.717, 1.165) is 5.56 Å². The van der Waals surface area contributed by atoms with Gasteiger partial charge in [0.05, 0.1) is 6.42 Å². The minimum atomic E-state index is -3.07. The van der Waals surface area contributed by atoms with Gasteiger partial charge in [-0.05, 0) is 37.8 Å². The van der Waals surface area contributed by atoms with Crippen LogP contribution < -0.4 is 16.0 Å². The van der Waals surface area contributed by atoms with Crippen LogP contribution in [0.15, 0.2) is 60.7 Å². The Kier molecular flexibility index (Phi) is 16.0. The zero-order chi connectivity index (χ0) is 35.9. The van der Waals surface area contributed by atoms with Gasteiger partial charge in [-0.25, -0.2) is 4.79 Å². The van der Waals surface area contributed by atoms with E-state index in [9.17, 15) is 28.5 Å². The van der Waals surface area contributed by atoms with Crippen LogP contribution in [0.5, 0.6) is 0 Å². The normalized spacial score (nSPS) is 13.5. The molecule has 2 rings (SSSR count). The maximum atomic E-state index is 13.8. The smallest absolute Gasteiger partial charge is 0.408 e. The molecule has 2 aromatic rings. The molecule has 0 aromatic heterocycles. The van der Waals surface area contributed by atoms with Crippen molar-refractivity contribution in [2.24, 2.45) is 5.92 Å².